The fraction of sp³-hybridized carbons (Fsp3) is 0. The lowest BCUT2D eigenvalue weighted by Gasteiger charge is -2.18. The van der Waals surface area contributed by atoms with Gasteiger partial charge in [0, 0.05) is 49.2 Å². The fourth-order valence-corrected chi connectivity index (χ4v) is 13.5. The Morgan fingerprint density at radius 3 is 1.22 bits per heavy atom. The van der Waals surface area contributed by atoms with Crippen LogP contribution in [0.4, 0.5) is 0 Å². The van der Waals surface area contributed by atoms with Gasteiger partial charge in [0.2, 0.25) is 0 Å². The second kappa shape index (κ2) is 16.6. The average molecular weight is 989 g/mol. The van der Waals surface area contributed by atoms with Gasteiger partial charge in [-0.15, -0.1) is 0 Å². The fourth-order valence-electron chi connectivity index (χ4n) is 13.5. The van der Waals surface area contributed by atoms with Crippen molar-refractivity contribution in [2.45, 2.75) is 0 Å². The van der Waals surface area contributed by atoms with E-state index >= 15 is 0 Å². The molecule has 0 amide bonds. The standard InChI is InChI=1S/C76H44O2/c1-2-19-46(20-3-1)68-55-26-9-13-30-59(55)71(60-31-14-10-27-56(60)68)66-44-49-42-41-48(43-65(49)73-62-33-16-17-36-67(62)77-76(66)73)45-37-39-47(40-38-45)69-53-24-7-11-28-57(53)70(58-29-12-8-25-54(58)69)63-34-18-35-64-72-52-23-6-4-21-50(52)51-22-5-15-32-61(51)75(72)78-74(63)64/h1-44H. The predicted octanol–water partition coefficient (Wildman–Crippen LogP) is 21.9. The number of benzene rings is 15. The molecule has 0 saturated carbocycles. The predicted molar refractivity (Wildman–Crippen MR) is 331 cm³/mol. The summed E-state index contributed by atoms with van der Waals surface area (Å²) in [6.45, 7) is 0. The molecule has 0 fully saturated rings. The first-order valence-electron chi connectivity index (χ1n) is 26.9. The third kappa shape index (κ3) is 6.14. The third-order valence-corrected chi connectivity index (χ3v) is 16.8. The summed E-state index contributed by atoms with van der Waals surface area (Å²) in [6, 6.07) is 97.5. The third-order valence-electron chi connectivity index (χ3n) is 16.8. The van der Waals surface area contributed by atoms with Gasteiger partial charge in [-0.25, -0.2) is 0 Å². The lowest BCUT2D eigenvalue weighted by atomic mass is 9.84. The van der Waals surface area contributed by atoms with E-state index < -0.39 is 0 Å². The molecular formula is C76H44O2. The van der Waals surface area contributed by atoms with Crippen molar-refractivity contribution in [1.82, 2.24) is 0 Å². The number of furan rings is 2. The Labute approximate surface area is 448 Å². The first-order chi connectivity index (χ1) is 38.7. The van der Waals surface area contributed by atoms with Crippen molar-refractivity contribution in [3.05, 3.63) is 267 Å². The maximum Gasteiger partial charge on any atom is 0.143 e. The molecule has 0 spiro atoms. The molecule has 0 aliphatic heterocycles. The van der Waals surface area contributed by atoms with Crippen LogP contribution in [-0.2, 0) is 0 Å². The van der Waals surface area contributed by atoms with Crippen LogP contribution >= 0.6 is 0 Å². The molecule has 2 heteroatoms. The Balaban J connectivity index is 0.829. The first-order valence-corrected chi connectivity index (χ1v) is 26.9. The van der Waals surface area contributed by atoms with Gasteiger partial charge in [-0.1, -0.05) is 249 Å². The molecule has 0 aliphatic rings. The van der Waals surface area contributed by atoms with Gasteiger partial charge in [0.25, 0.3) is 0 Å². The van der Waals surface area contributed by atoms with Crippen LogP contribution in [0, 0.1) is 0 Å². The molecule has 0 N–H and O–H groups in total. The summed E-state index contributed by atoms with van der Waals surface area (Å²) in [7, 11) is 0. The van der Waals surface area contributed by atoms with E-state index in [2.05, 4.69) is 267 Å². The van der Waals surface area contributed by atoms with E-state index in [9.17, 15) is 0 Å². The smallest absolute Gasteiger partial charge is 0.143 e. The van der Waals surface area contributed by atoms with Gasteiger partial charge in [0.1, 0.15) is 22.3 Å². The highest BCUT2D eigenvalue weighted by Gasteiger charge is 2.25. The van der Waals surface area contributed by atoms with Crippen molar-refractivity contribution in [2.24, 2.45) is 0 Å². The summed E-state index contributed by atoms with van der Waals surface area (Å²) in [5.41, 5.74) is 15.4. The molecule has 0 bridgehead atoms. The highest BCUT2D eigenvalue weighted by molar-refractivity contribution is 6.33. The highest BCUT2D eigenvalue weighted by atomic mass is 16.3. The summed E-state index contributed by atoms with van der Waals surface area (Å²) >= 11 is 0. The number of hydrogen-bond acceptors (Lipinski definition) is 2. The largest absolute Gasteiger partial charge is 0.455 e. The minimum absolute atomic E-state index is 0.882. The molecule has 2 heterocycles. The molecule has 360 valence electrons. The van der Waals surface area contributed by atoms with E-state index in [1.54, 1.807) is 0 Å². The van der Waals surface area contributed by atoms with Crippen molar-refractivity contribution in [1.29, 1.82) is 0 Å². The van der Waals surface area contributed by atoms with Crippen LogP contribution in [0.3, 0.4) is 0 Å². The van der Waals surface area contributed by atoms with Crippen molar-refractivity contribution in [3.63, 3.8) is 0 Å². The van der Waals surface area contributed by atoms with Crippen LogP contribution in [0.2, 0.25) is 0 Å². The van der Waals surface area contributed by atoms with Crippen molar-refractivity contribution in [3.8, 4) is 55.6 Å². The number of hydrogen-bond donors (Lipinski definition) is 0. The van der Waals surface area contributed by atoms with E-state index in [4.69, 9.17) is 8.83 Å². The molecule has 2 aromatic heterocycles. The molecule has 17 rings (SSSR count). The molecule has 2 nitrogen and oxygen atoms in total. The Kier molecular flexibility index (Phi) is 9.16. The minimum Gasteiger partial charge on any atom is -0.455 e. The summed E-state index contributed by atoms with van der Waals surface area (Å²) in [5, 5.41) is 21.3. The SMILES string of the molecule is c1ccc(-c2c3ccccc3c(-c3cc4ccc(-c5ccc(-c6c7ccccc7c(-c7cccc8c7oc7c9ccccc9c9ccccc9c87)c7ccccc67)cc5)cc4c4c3oc3ccccc34)c3ccccc23)cc1. The van der Waals surface area contributed by atoms with Gasteiger partial charge < -0.3 is 8.83 Å². The molecular weight excluding hydrogens is 945 g/mol. The lowest BCUT2D eigenvalue weighted by Crippen LogP contribution is -1.92. The van der Waals surface area contributed by atoms with E-state index in [1.165, 1.54) is 103 Å². The lowest BCUT2D eigenvalue weighted by molar-refractivity contribution is 0.670. The summed E-state index contributed by atoms with van der Waals surface area (Å²) in [5.74, 6) is 0. The molecule has 78 heavy (non-hydrogen) atoms. The summed E-state index contributed by atoms with van der Waals surface area (Å²) in [4.78, 5) is 0. The second-order valence-electron chi connectivity index (χ2n) is 20.9. The number of para-hydroxylation sites is 2. The van der Waals surface area contributed by atoms with Crippen LogP contribution < -0.4 is 0 Å². The Bertz CT molecular complexity index is 5250. The minimum atomic E-state index is 0.882. The topological polar surface area (TPSA) is 26.3 Å². The van der Waals surface area contributed by atoms with Crippen molar-refractivity contribution >= 4 is 119 Å². The van der Waals surface area contributed by atoms with Crippen molar-refractivity contribution < 1.29 is 8.83 Å². The molecule has 0 aliphatic carbocycles. The van der Waals surface area contributed by atoms with E-state index in [1.807, 2.05) is 0 Å². The molecule has 0 atom stereocenters. The normalized spacial score (nSPS) is 12.1. The second-order valence-corrected chi connectivity index (χ2v) is 20.9. The molecule has 0 radical (unpaired) electrons. The highest BCUT2D eigenvalue weighted by Crippen LogP contribution is 2.51. The first kappa shape index (κ1) is 43.0. The van der Waals surface area contributed by atoms with Gasteiger partial charge in [0.15, 0.2) is 0 Å². The zero-order valence-corrected chi connectivity index (χ0v) is 42.2. The zero-order valence-electron chi connectivity index (χ0n) is 42.2. The zero-order chi connectivity index (χ0) is 51.0. The Morgan fingerprint density at radius 2 is 0.615 bits per heavy atom. The monoisotopic (exact) mass is 988 g/mol. The van der Waals surface area contributed by atoms with E-state index in [0.717, 1.165) is 71.5 Å². The van der Waals surface area contributed by atoms with Crippen LogP contribution in [0.5, 0.6) is 0 Å². The van der Waals surface area contributed by atoms with Crippen LogP contribution in [0.25, 0.3) is 175 Å². The maximum atomic E-state index is 7.16. The Hall–Kier alpha value is -10.3. The quantitative estimate of drug-likeness (QED) is 0.127. The van der Waals surface area contributed by atoms with Crippen LogP contribution in [0.1, 0.15) is 0 Å². The van der Waals surface area contributed by atoms with Gasteiger partial charge in [-0.3, -0.25) is 0 Å². The summed E-state index contributed by atoms with van der Waals surface area (Å²) in [6.07, 6.45) is 0. The van der Waals surface area contributed by atoms with E-state index in [-0.39, 0.29) is 0 Å². The van der Waals surface area contributed by atoms with Gasteiger partial charge in [-0.2, -0.15) is 0 Å². The van der Waals surface area contributed by atoms with Crippen LogP contribution in [0.15, 0.2) is 276 Å². The van der Waals surface area contributed by atoms with Gasteiger partial charge >= 0.3 is 0 Å². The molecule has 0 saturated heterocycles. The van der Waals surface area contributed by atoms with E-state index in [0.29, 0.717) is 0 Å². The summed E-state index contributed by atoms with van der Waals surface area (Å²) < 4.78 is 14.2. The van der Waals surface area contributed by atoms with Gasteiger partial charge in [-0.05, 0) is 122 Å². The van der Waals surface area contributed by atoms with Gasteiger partial charge in [0.05, 0.1) is 0 Å². The van der Waals surface area contributed by atoms with Crippen LogP contribution in [-0.4, -0.2) is 0 Å². The average Bonchev–Trinajstić information content (AvgIpc) is 4.30. The molecule has 0 unspecified atom stereocenters. The Morgan fingerprint density at radius 1 is 0.192 bits per heavy atom. The number of rotatable bonds is 5. The molecule has 17 aromatic rings. The number of fused-ring (bicyclic) bond motifs is 17. The van der Waals surface area contributed by atoms with Crippen molar-refractivity contribution in [2.75, 3.05) is 0 Å². The molecule has 15 aromatic carbocycles. The maximum absolute atomic E-state index is 7.16.